The Labute approximate surface area is 91.3 Å². The second-order valence-corrected chi connectivity index (χ2v) is 3.39. The number of nitrogens with one attached hydrogen (secondary N) is 1. The van der Waals surface area contributed by atoms with Crippen LogP contribution >= 0.6 is 0 Å². The third-order valence-corrected chi connectivity index (χ3v) is 2.00. The lowest BCUT2D eigenvalue weighted by atomic mass is 10.4. The van der Waals surface area contributed by atoms with Crippen LogP contribution in [-0.4, -0.2) is 32.6 Å². The standard InChI is InChI=1S/C10H11N3O3/c1-6-2-3-7-10(11-6)13-8(12-7)4-16-5-9(14)15/h2-3H,4-5H2,1H3,(H,14,15)(H,11,12,13). The van der Waals surface area contributed by atoms with Crippen molar-refractivity contribution < 1.29 is 14.6 Å². The van der Waals surface area contributed by atoms with E-state index in [-0.39, 0.29) is 13.2 Å². The number of aromatic amines is 1. The van der Waals surface area contributed by atoms with Gasteiger partial charge in [0.05, 0.1) is 5.52 Å². The minimum atomic E-state index is -0.995. The number of hydrogen-bond donors (Lipinski definition) is 2. The highest BCUT2D eigenvalue weighted by Crippen LogP contribution is 2.09. The van der Waals surface area contributed by atoms with Crippen LogP contribution in [0.25, 0.3) is 11.2 Å². The number of fused-ring (bicyclic) bond motifs is 1. The zero-order valence-corrected chi connectivity index (χ0v) is 8.73. The van der Waals surface area contributed by atoms with Crippen LogP contribution in [0.3, 0.4) is 0 Å². The van der Waals surface area contributed by atoms with Crippen molar-refractivity contribution in [3.8, 4) is 0 Å². The average Bonchev–Trinajstić information content (AvgIpc) is 2.58. The second-order valence-electron chi connectivity index (χ2n) is 3.39. The lowest BCUT2D eigenvalue weighted by Gasteiger charge is -1.95. The van der Waals surface area contributed by atoms with E-state index in [4.69, 9.17) is 9.84 Å². The Hall–Kier alpha value is -1.95. The summed E-state index contributed by atoms with van der Waals surface area (Å²) in [6.45, 7) is 1.69. The molecule has 0 aliphatic rings. The monoisotopic (exact) mass is 221 g/mol. The number of aliphatic carboxylic acids is 1. The van der Waals surface area contributed by atoms with Gasteiger partial charge in [0.25, 0.3) is 0 Å². The Morgan fingerprint density at radius 2 is 2.31 bits per heavy atom. The van der Waals surface area contributed by atoms with Gasteiger partial charge >= 0.3 is 5.97 Å². The van der Waals surface area contributed by atoms with Crippen molar-refractivity contribution in [3.05, 3.63) is 23.7 Å². The molecule has 0 spiro atoms. The number of carboxylic acids is 1. The Morgan fingerprint density at radius 3 is 3.06 bits per heavy atom. The van der Waals surface area contributed by atoms with Gasteiger partial charge in [-0.1, -0.05) is 0 Å². The molecule has 0 amide bonds. The summed E-state index contributed by atoms with van der Waals surface area (Å²) in [4.78, 5) is 21.7. The minimum Gasteiger partial charge on any atom is -0.480 e. The molecular formula is C10H11N3O3. The molecule has 16 heavy (non-hydrogen) atoms. The fraction of sp³-hybridized carbons (Fsp3) is 0.300. The lowest BCUT2D eigenvalue weighted by Crippen LogP contribution is -2.07. The van der Waals surface area contributed by atoms with Crippen molar-refractivity contribution in [2.75, 3.05) is 6.61 Å². The van der Waals surface area contributed by atoms with Gasteiger partial charge in [-0.3, -0.25) is 0 Å². The van der Waals surface area contributed by atoms with Gasteiger partial charge in [0.15, 0.2) is 5.65 Å². The zero-order valence-electron chi connectivity index (χ0n) is 8.73. The molecule has 0 saturated heterocycles. The summed E-state index contributed by atoms with van der Waals surface area (Å²) in [5.74, 6) is -0.417. The van der Waals surface area contributed by atoms with Crippen LogP contribution in [0, 0.1) is 6.92 Å². The molecule has 0 fully saturated rings. The molecule has 6 heteroatoms. The van der Waals surface area contributed by atoms with Gasteiger partial charge in [-0.2, -0.15) is 0 Å². The van der Waals surface area contributed by atoms with E-state index in [1.165, 1.54) is 0 Å². The second kappa shape index (κ2) is 4.28. The molecule has 0 aliphatic heterocycles. The molecule has 0 saturated carbocycles. The topological polar surface area (TPSA) is 88.1 Å². The first-order valence-corrected chi connectivity index (χ1v) is 4.77. The number of carbonyl (C=O) groups is 1. The summed E-state index contributed by atoms with van der Waals surface area (Å²) >= 11 is 0. The summed E-state index contributed by atoms with van der Waals surface area (Å²) in [6.07, 6.45) is 0. The van der Waals surface area contributed by atoms with E-state index in [2.05, 4.69) is 15.0 Å². The zero-order chi connectivity index (χ0) is 11.5. The van der Waals surface area contributed by atoms with Crippen LogP contribution in [0.4, 0.5) is 0 Å². The summed E-state index contributed by atoms with van der Waals surface area (Å²) in [6, 6.07) is 3.76. The number of H-pyrrole nitrogens is 1. The Kier molecular flexibility index (Phi) is 2.82. The van der Waals surface area contributed by atoms with Crippen molar-refractivity contribution >= 4 is 17.1 Å². The molecule has 2 N–H and O–H groups in total. The fourth-order valence-corrected chi connectivity index (χ4v) is 1.34. The first-order valence-electron chi connectivity index (χ1n) is 4.77. The van der Waals surface area contributed by atoms with Crippen LogP contribution in [0.15, 0.2) is 12.1 Å². The highest BCUT2D eigenvalue weighted by Gasteiger charge is 2.05. The minimum absolute atomic E-state index is 0.141. The van der Waals surface area contributed by atoms with Gasteiger partial charge in [-0.15, -0.1) is 0 Å². The molecule has 2 aromatic heterocycles. The number of rotatable bonds is 4. The van der Waals surface area contributed by atoms with E-state index in [9.17, 15) is 4.79 Å². The first kappa shape index (κ1) is 10.6. The molecule has 0 atom stereocenters. The number of carboxylic acid groups (broad SMARTS) is 1. The Morgan fingerprint density at radius 1 is 1.50 bits per heavy atom. The predicted octanol–water partition coefficient (Wildman–Crippen LogP) is 0.868. The number of ether oxygens (including phenoxy) is 1. The Balaban J connectivity index is 2.10. The van der Waals surface area contributed by atoms with Crippen molar-refractivity contribution in [2.45, 2.75) is 13.5 Å². The van der Waals surface area contributed by atoms with E-state index >= 15 is 0 Å². The number of hydrogen-bond acceptors (Lipinski definition) is 4. The first-order chi connectivity index (χ1) is 7.65. The van der Waals surface area contributed by atoms with E-state index in [0.29, 0.717) is 11.5 Å². The molecule has 2 rings (SSSR count). The highest BCUT2D eigenvalue weighted by atomic mass is 16.5. The maximum absolute atomic E-state index is 10.2. The number of pyridine rings is 1. The van der Waals surface area contributed by atoms with Crippen LogP contribution in [0.1, 0.15) is 11.5 Å². The molecule has 2 heterocycles. The van der Waals surface area contributed by atoms with Gasteiger partial charge in [0, 0.05) is 5.69 Å². The van der Waals surface area contributed by atoms with Crippen molar-refractivity contribution in [1.82, 2.24) is 15.0 Å². The maximum Gasteiger partial charge on any atom is 0.329 e. The van der Waals surface area contributed by atoms with Crippen molar-refractivity contribution in [2.24, 2.45) is 0 Å². The maximum atomic E-state index is 10.2. The van der Waals surface area contributed by atoms with E-state index < -0.39 is 5.97 Å². The van der Waals surface area contributed by atoms with Gasteiger partial charge in [0.1, 0.15) is 19.0 Å². The molecule has 0 aromatic carbocycles. The molecule has 0 bridgehead atoms. The van der Waals surface area contributed by atoms with E-state index in [1.54, 1.807) is 0 Å². The fourth-order valence-electron chi connectivity index (χ4n) is 1.34. The summed E-state index contributed by atoms with van der Waals surface area (Å²) < 4.78 is 4.92. The van der Waals surface area contributed by atoms with E-state index in [1.807, 2.05) is 19.1 Å². The summed E-state index contributed by atoms with van der Waals surface area (Å²) in [5, 5.41) is 8.40. The number of nitrogens with zero attached hydrogens (tertiary/aromatic N) is 2. The molecule has 0 unspecified atom stereocenters. The van der Waals surface area contributed by atoms with Crippen LogP contribution in [0.2, 0.25) is 0 Å². The quantitative estimate of drug-likeness (QED) is 0.799. The molecule has 84 valence electrons. The third-order valence-electron chi connectivity index (χ3n) is 2.00. The molecular weight excluding hydrogens is 210 g/mol. The lowest BCUT2D eigenvalue weighted by molar-refractivity contribution is -0.142. The summed E-state index contributed by atoms with van der Waals surface area (Å²) in [7, 11) is 0. The van der Waals surface area contributed by atoms with Gasteiger partial charge < -0.3 is 14.8 Å². The smallest absolute Gasteiger partial charge is 0.329 e. The molecule has 0 aliphatic carbocycles. The average molecular weight is 221 g/mol. The normalized spacial score (nSPS) is 10.8. The van der Waals surface area contributed by atoms with E-state index in [0.717, 1.165) is 11.2 Å². The molecule has 2 aromatic rings. The van der Waals surface area contributed by atoms with Gasteiger partial charge in [-0.05, 0) is 19.1 Å². The van der Waals surface area contributed by atoms with Crippen molar-refractivity contribution in [1.29, 1.82) is 0 Å². The predicted molar refractivity (Wildman–Crippen MR) is 55.9 cm³/mol. The SMILES string of the molecule is Cc1ccc2[nH]c(COCC(=O)O)nc2n1. The third kappa shape index (κ3) is 2.34. The van der Waals surface area contributed by atoms with Crippen LogP contribution in [-0.2, 0) is 16.1 Å². The highest BCUT2D eigenvalue weighted by molar-refractivity contribution is 5.70. The molecule has 6 nitrogen and oxygen atoms in total. The Bertz CT molecular complexity index is 521. The summed E-state index contributed by atoms with van der Waals surface area (Å²) in [5.41, 5.74) is 2.32. The van der Waals surface area contributed by atoms with Gasteiger partial charge in [-0.25, -0.2) is 14.8 Å². The number of imidazole rings is 1. The van der Waals surface area contributed by atoms with Crippen LogP contribution < -0.4 is 0 Å². The number of aromatic nitrogens is 3. The van der Waals surface area contributed by atoms with Crippen LogP contribution in [0.5, 0.6) is 0 Å². The van der Waals surface area contributed by atoms with Gasteiger partial charge in [0.2, 0.25) is 0 Å². The number of aryl methyl sites for hydroxylation is 1. The molecule has 0 radical (unpaired) electrons. The van der Waals surface area contributed by atoms with Crippen molar-refractivity contribution in [3.63, 3.8) is 0 Å². The largest absolute Gasteiger partial charge is 0.480 e.